The molecule has 43 heavy (non-hydrogen) atoms. The van der Waals surface area contributed by atoms with Gasteiger partial charge in [0, 0.05) is 11.3 Å². The zero-order valence-corrected chi connectivity index (χ0v) is 27.1. The minimum absolute atomic E-state index is 0.0721. The highest BCUT2D eigenvalue weighted by molar-refractivity contribution is 5.95. The minimum Gasteiger partial charge on any atom is -0.388 e. The van der Waals surface area contributed by atoms with Crippen LogP contribution in [0.25, 0.3) is 0 Å². The maximum absolute atomic E-state index is 14.7. The number of nitrogens with zero attached hydrogens (tertiary/aromatic N) is 1. The molecule has 5 fully saturated rings. The number of hydrogen-bond acceptors (Lipinski definition) is 7. The summed E-state index contributed by atoms with van der Waals surface area (Å²) in [5.41, 5.74) is -0.166. The maximum atomic E-state index is 14.7. The molecule has 2 heterocycles. The summed E-state index contributed by atoms with van der Waals surface area (Å²) >= 11 is 0. The Morgan fingerprint density at radius 1 is 0.953 bits per heavy atom. The molecular formula is C36H51NO6. The number of allylic oxidation sites excluding steroid dienone is 3. The van der Waals surface area contributed by atoms with E-state index in [2.05, 4.69) is 54.5 Å². The van der Waals surface area contributed by atoms with Gasteiger partial charge in [0.25, 0.3) is 0 Å². The zero-order valence-electron chi connectivity index (χ0n) is 27.1. The van der Waals surface area contributed by atoms with Gasteiger partial charge in [-0.15, -0.1) is 0 Å². The lowest BCUT2D eigenvalue weighted by molar-refractivity contribution is -0.237. The Hall–Kier alpha value is -1.56. The van der Waals surface area contributed by atoms with E-state index in [1.54, 1.807) is 0 Å². The van der Waals surface area contributed by atoms with Crippen molar-refractivity contribution in [3.05, 3.63) is 23.3 Å². The molecule has 2 aliphatic heterocycles. The molecule has 12 atom stereocenters. The van der Waals surface area contributed by atoms with E-state index in [1.807, 2.05) is 12.2 Å². The molecule has 3 saturated carbocycles. The summed E-state index contributed by atoms with van der Waals surface area (Å²) in [6.45, 7) is 16.5. The fourth-order valence-corrected chi connectivity index (χ4v) is 11.8. The SMILES string of the molecule is CC1(C)CC[C@]2(O[C@H]3CO[C@H]4[C@@H]3OC[C@H]4O)CC[C@]3(C)[C@H](C(=O)C=C4[C@@]5(C)C=C(C#N)C(O)C(C)(C)[C@@H]5CC[C@]43C)[C@@H]2C1. The van der Waals surface area contributed by atoms with Crippen LogP contribution in [0.3, 0.4) is 0 Å². The highest BCUT2D eigenvalue weighted by Crippen LogP contribution is 2.74. The van der Waals surface area contributed by atoms with Gasteiger partial charge in [-0.2, -0.15) is 5.26 Å². The average molecular weight is 594 g/mol. The molecule has 7 heteroatoms. The molecule has 7 rings (SSSR count). The molecule has 0 spiro atoms. The third-order valence-electron chi connectivity index (χ3n) is 14.4. The molecule has 7 nitrogen and oxygen atoms in total. The lowest BCUT2D eigenvalue weighted by atomic mass is 9.35. The summed E-state index contributed by atoms with van der Waals surface area (Å²) in [5.74, 6) is 0.250. The van der Waals surface area contributed by atoms with Crippen LogP contribution >= 0.6 is 0 Å². The molecule has 5 aliphatic carbocycles. The monoisotopic (exact) mass is 593 g/mol. The second-order valence-corrected chi connectivity index (χ2v) is 17.4. The first-order valence-corrected chi connectivity index (χ1v) is 16.7. The Balaban J connectivity index is 1.31. The van der Waals surface area contributed by atoms with Crippen molar-refractivity contribution in [1.29, 1.82) is 5.26 Å². The zero-order chi connectivity index (χ0) is 31.0. The summed E-state index contributed by atoms with van der Waals surface area (Å²) in [5, 5.41) is 31.6. The van der Waals surface area contributed by atoms with Gasteiger partial charge in [0.15, 0.2) is 5.78 Å². The average Bonchev–Trinajstić information content (AvgIpc) is 3.51. The van der Waals surface area contributed by atoms with Gasteiger partial charge in [-0.3, -0.25) is 4.79 Å². The molecular weight excluding hydrogens is 542 g/mol. The number of fused-ring (bicyclic) bond motifs is 8. The fraction of sp³-hybridized carbons (Fsp3) is 0.833. The van der Waals surface area contributed by atoms with Gasteiger partial charge >= 0.3 is 0 Å². The Labute approximate surface area is 257 Å². The Bertz CT molecular complexity index is 1330. The Kier molecular flexibility index (Phi) is 6.48. The van der Waals surface area contributed by atoms with Gasteiger partial charge in [0.2, 0.25) is 0 Å². The van der Waals surface area contributed by atoms with Crippen molar-refractivity contribution in [2.24, 2.45) is 44.8 Å². The smallest absolute Gasteiger partial charge is 0.159 e. The summed E-state index contributed by atoms with van der Waals surface area (Å²) in [6, 6.07) is 2.30. The van der Waals surface area contributed by atoms with Crippen LogP contribution in [-0.4, -0.2) is 65.3 Å². The van der Waals surface area contributed by atoms with Crippen LogP contribution in [0.4, 0.5) is 0 Å². The van der Waals surface area contributed by atoms with E-state index in [0.29, 0.717) is 12.2 Å². The first-order valence-electron chi connectivity index (χ1n) is 16.7. The summed E-state index contributed by atoms with van der Waals surface area (Å²) in [6.07, 6.45) is 8.31. The molecule has 0 aromatic heterocycles. The maximum Gasteiger partial charge on any atom is 0.159 e. The van der Waals surface area contributed by atoms with Crippen LogP contribution in [0.15, 0.2) is 23.3 Å². The molecule has 2 saturated heterocycles. The second-order valence-electron chi connectivity index (χ2n) is 17.4. The number of carbonyl (C=O) groups excluding carboxylic acids is 1. The van der Waals surface area contributed by atoms with E-state index in [1.165, 1.54) is 0 Å². The second kappa shape index (κ2) is 9.26. The van der Waals surface area contributed by atoms with Crippen molar-refractivity contribution in [3.63, 3.8) is 0 Å². The lowest BCUT2D eigenvalue weighted by Crippen LogP contribution is -2.67. The Morgan fingerprint density at radius 2 is 1.65 bits per heavy atom. The number of carbonyl (C=O) groups is 1. The predicted molar refractivity (Wildman–Crippen MR) is 161 cm³/mol. The highest BCUT2D eigenvalue weighted by atomic mass is 16.6. The van der Waals surface area contributed by atoms with Gasteiger partial charge in [-0.25, -0.2) is 0 Å². The van der Waals surface area contributed by atoms with E-state index in [0.717, 1.165) is 50.5 Å². The van der Waals surface area contributed by atoms with Gasteiger partial charge in [-0.1, -0.05) is 60.1 Å². The van der Waals surface area contributed by atoms with E-state index in [4.69, 9.17) is 14.2 Å². The fourth-order valence-electron chi connectivity index (χ4n) is 11.8. The molecule has 2 N–H and O–H groups in total. The van der Waals surface area contributed by atoms with Gasteiger partial charge in [0.1, 0.15) is 24.4 Å². The van der Waals surface area contributed by atoms with Crippen LogP contribution < -0.4 is 0 Å². The normalized spacial score (nSPS) is 52.9. The number of ketones is 1. The van der Waals surface area contributed by atoms with E-state index >= 15 is 0 Å². The molecule has 236 valence electrons. The first kappa shape index (κ1) is 30.1. The van der Waals surface area contributed by atoms with Crippen molar-refractivity contribution in [2.45, 2.75) is 130 Å². The van der Waals surface area contributed by atoms with Crippen molar-refractivity contribution in [3.8, 4) is 6.07 Å². The quantitative estimate of drug-likeness (QED) is 0.448. The number of rotatable bonds is 2. The molecule has 0 radical (unpaired) electrons. The molecule has 0 aromatic carbocycles. The van der Waals surface area contributed by atoms with Crippen LogP contribution in [0.2, 0.25) is 0 Å². The van der Waals surface area contributed by atoms with Crippen LogP contribution in [0, 0.1) is 56.2 Å². The van der Waals surface area contributed by atoms with Crippen LogP contribution in [-0.2, 0) is 19.0 Å². The number of aliphatic hydroxyl groups excluding tert-OH is 2. The summed E-state index contributed by atoms with van der Waals surface area (Å²) < 4.78 is 19.1. The molecule has 0 aromatic rings. The highest BCUT2D eigenvalue weighted by Gasteiger charge is 2.70. The van der Waals surface area contributed by atoms with E-state index in [-0.39, 0.29) is 64.7 Å². The third-order valence-corrected chi connectivity index (χ3v) is 14.4. The number of ether oxygens (including phenoxy) is 3. The topological polar surface area (TPSA) is 109 Å². The van der Waals surface area contributed by atoms with Crippen LogP contribution in [0.1, 0.15) is 93.4 Å². The van der Waals surface area contributed by atoms with Crippen LogP contribution in [0.5, 0.6) is 0 Å². The summed E-state index contributed by atoms with van der Waals surface area (Å²) in [4.78, 5) is 14.7. The number of hydrogen-bond donors (Lipinski definition) is 2. The minimum atomic E-state index is -0.802. The van der Waals surface area contributed by atoms with E-state index < -0.39 is 28.6 Å². The van der Waals surface area contributed by atoms with Crippen molar-refractivity contribution in [1.82, 2.24) is 0 Å². The van der Waals surface area contributed by atoms with Gasteiger partial charge in [0.05, 0.1) is 36.6 Å². The summed E-state index contributed by atoms with van der Waals surface area (Å²) in [7, 11) is 0. The molecule has 1 unspecified atom stereocenters. The van der Waals surface area contributed by atoms with Crippen molar-refractivity contribution in [2.75, 3.05) is 13.2 Å². The van der Waals surface area contributed by atoms with Gasteiger partial charge in [-0.05, 0) is 84.5 Å². The number of nitriles is 1. The standard InChI is InChI=1S/C36H51NO6/c1-31(2)10-12-36(43-24-19-42-28-23(39)18-41-29(24)28)13-11-35(7)27(21(36)16-31)22(38)14-26-33(5)15-20(17-37)30(40)32(3,4)25(33)8-9-34(26,35)6/h14-15,21,23-25,27-30,39-40H,8-13,16,18-19H2,1-7H3/t21-,23+,24-,25-,27-,28+,29+,30?,33-,34+,35+,36-/m0/s1. The molecule has 0 amide bonds. The lowest BCUT2D eigenvalue weighted by Gasteiger charge is -2.69. The largest absolute Gasteiger partial charge is 0.388 e. The Morgan fingerprint density at radius 3 is 2.37 bits per heavy atom. The van der Waals surface area contributed by atoms with Gasteiger partial charge < -0.3 is 24.4 Å². The van der Waals surface area contributed by atoms with Crippen molar-refractivity contribution >= 4 is 5.78 Å². The first-order chi connectivity index (χ1) is 20.0. The predicted octanol–water partition coefficient (Wildman–Crippen LogP) is 5.29. The molecule has 7 aliphatic rings. The number of aliphatic hydroxyl groups is 2. The third kappa shape index (κ3) is 3.86. The van der Waals surface area contributed by atoms with E-state index in [9.17, 15) is 20.3 Å². The van der Waals surface area contributed by atoms with Crippen molar-refractivity contribution < 1.29 is 29.2 Å². The molecule has 0 bridgehead atoms.